The van der Waals surface area contributed by atoms with Gasteiger partial charge in [-0.05, 0) is 87.2 Å². The number of anilines is 2. The van der Waals surface area contributed by atoms with Crippen molar-refractivity contribution in [1.29, 1.82) is 0 Å². The summed E-state index contributed by atoms with van der Waals surface area (Å²) in [5.41, 5.74) is 8.26. The number of aromatic nitrogens is 7. The number of aryl methyl sites for hydroxylation is 4. The van der Waals surface area contributed by atoms with Crippen LogP contribution in [0.25, 0.3) is 22.8 Å². The fourth-order valence-electron chi connectivity index (χ4n) is 6.42. The van der Waals surface area contributed by atoms with Crippen molar-refractivity contribution < 1.29 is 14.3 Å². The summed E-state index contributed by atoms with van der Waals surface area (Å²) < 4.78 is 10.2. The standard InChI is InChI=1S/C37H30ClN9O3/c1-20-15-21(2)46-13-9-26(34(46)42-20)36(48)43-24-7-5-23-6-8-30(28(23)17-24)50-31-16-22(3)47-14-10-27(35(47)45-31)37(49)44-25-18-29(38)32(41-19-25)33-39-11-4-12-40-33/h4-5,7,9-19,30H,6,8H2,1-3H3,(H,43,48)(H,44,49). The van der Waals surface area contributed by atoms with Crippen molar-refractivity contribution >= 4 is 46.1 Å². The van der Waals surface area contributed by atoms with Crippen molar-refractivity contribution in [3.8, 4) is 17.4 Å². The van der Waals surface area contributed by atoms with Gasteiger partial charge in [-0.3, -0.25) is 9.59 Å². The molecule has 6 aromatic heterocycles. The number of hydrogen-bond donors (Lipinski definition) is 2. The largest absolute Gasteiger partial charge is 0.469 e. The lowest BCUT2D eigenvalue weighted by Gasteiger charge is -2.16. The summed E-state index contributed by atoms with van der Waals surface area (Å²) in [7, 11) is 0. The van der Waals surface area contributed by atoms with E-state index in [0.717, 1.165) is 41.1 Å². The molecule has 7 aromatic rings. The van der Waals surface area contributed by atoms with Gasteiger partial charge in [0.1, 0.15) is 17.4 Å². The lowest BCUT2D eigenvalue weighted by Crippen LogP contribution is -2.14. The molecule has 0 spiro atoms. The molecule has 6 heterocycles. The fraction of sp³-hybridized carbons (Fsp3) is 0.162. The minimum absolute atomic E-state index is 0.235. The molecular weight excluding hydrogens is 654 g/mol. The van der Waals surface area contributed by atoms with Gasteiger partial charge in [0.15, 0.2) is 11.5 Å². The minimum Gasteiger partial charge on any atom is -0.469 e. The van der Waals surface area contributed by atoms with E-state index in [9.17, 15) is 9.59 Å². The first-order valence-corrected chi connectivity index (χ1v) is 16.4. The highest BCUT2D eigenvalue weighted by Crippen LogP contribution is 2.37. The Morgan fingerprint density at radius 2 is 1.50 bits per heavy atom. The Morgan fingerprint density at radius 1 is 0.820 bits per heavy atom. The quantitative estimate of drug-likeness (QED) is 0.183. The minimum atomic E-state index is -0.374. The Balaban J connectivity index is 1.01. The topological polar surface area (TPSA) is 141 Å². The average molecular weight is 684 g/mol. The van der Waals surface area contributed by atoms with Crippen LogP contribution in [-0.2, 0) is 6.42 Å². The van der Waals surface area contributed by atoms with Crippen molar-refractivity contribution in [2.45, 2.75) is 39.7 Å². The van der Waals surface area contributed by atoms with Crippen molar-refractivity contribution in [2.75, 3.05) is 10.6 Å². The van der Waals surface area contributed by atoms with E-state index >= 15 is 0 Å². The Kier molecular flexibility index (Phi) is 7.72. The van der Waals surface area contributed by atoms with Gasteiger partial charge in [-0.2, -0.15) is 4.98 Å². The zero-order valence-corrected chi connectivity index (χ0v) is 28.1. The van der Waals surface area contributed by atoms with Gasteiger partial charge < -0.3 is 24.2 Å². The first kappa shape index (κ1) is 31.1. The highest BCUT2D eigenvalue weighted by Gasteiger charge is 2.26. The third-order valence-corrected chi connectivity index (χ3v) is 9.07. The van der Waals surface area contributed by atoms with Gasteiger partial charge in [0.25, 0.3) is 11.8 Å². The average Bonchev–Trinajstić information content (AvgIpc) is 3.83. The molecule has 1 aliphatic carbocycles. The molecule has 1 aliphatic rings. The maximum Gasteiger partial charge on any atom is 0.259 e. The molecule has 0 fully saturated rings. The zero-order valence-electron chi connectivity index (χ0n) is 27.3. The smallest absolute Gasteiger partial charge is 0.259 e. The predicted octanol–water partition coefficient (Wildman–Crippen LogP) is 6.98. The van der Waals surface area contributed by atoms with E-state index in [1.165, 1.54) is 6.20 Å². The third-order valence-electron chi connectivity index (χ3n) is 8.78. The van der Waals surface area contributed by atoms with Gasteiger partial charge in [0.05, 0.1) is 28.0 Å². The van der Waals surface area contributed by atoms with Crippen LogP contribution < -0.4 is 15.4 Å². The van der Waals surface area contributed by atoms with Crippen LogP contribution in [0.4, 0.5) is 11.4 Å². The monoisotopic (exact) mass is 683 g/mol. The Labute approximate surface area is 291 Å². The number of fused-ring (bicyclic) bond motifs is 3. The summed E-state index contributed by atoms with van der Waals surface area (Å²) >= 11 is 6.46. The number of nitrogens with zero attached hydrogens (tertiary/aromatic N) is 7. The van der Waals surface area contributed by atoms with Crippen LogP contribution in [0.2, 0.25) is 5.02 Å². The maximum absolute atomic E-state index is 13.5. The molecule has 0 aliphatic heterocycles. The van der Waals surface area contributed by atoms with Gasteiger partial charge in [-0.15, -0.1) is 0 Å². The summed E-state index contributed by atoms with van der Waals surface area (Å²) in [5.74, 6) is 0.173. The summed E-state index contributed by atoms with van der Waals surface area (Å²) in [4.78, 5) is 48.9. The molecule has 13 heteroatoms. The second-order valence-corrected chi connectivity index (χ2v) is 12.6. The second kappa shape index (κ2) is 12.4. The van der Waals surface area contributed by atoms with E-state index in [4.69, 9.17) is 21.3 Å². The van der Waals surface area contributed by atoms with Crippen LogP contribution in [0.1, 0.15) is 61.4 Å². The van der Waals surface area contributed by atoms with Crippen molar-refractivity contribution in [2.24, 2.45) is 0 Å². The van der Waals surface area contributed by atoms with E-state index in [1.807, 2.05) is 66.1 Å². The molecule has 2 N–H and O–H groups in total. The number of halogens is 1. The summed E-state index contributed by atoms with van der Waals surface area (Å²) in [5, 5.41) is 6.22. The van der Waals surface area contributed by atoms with Gasteiger partial charge in [-0.25, -0.2) is 19.9 Å². The van der Waals surface area contributed by atoms with Gasteiger partial charge in [0.2, 0.25) is 5.88 Å². The molecule has 1 aromatic carbocycles. The molecule has 8 rings (SSSR count). The lowest BCUT2D eigenvalue weighted by atomic mass is 10.1. The Hall–Kier alpha value is -6.14. The molecule has 1 atom stereocenters. The Bertz CT molecular complexity index is 2470. The zero-order chi connectivity index (χ0) is 34.5. The molecule has 1 unspecified atom stereocenters. The highest BCUT2D eigenvalue weighted by atomic mass is 35.5. The van der Waals surface area contributed by atoms with Crippen LogP contribution in [0, 0.1) is 20.8 Å². The molecule has 2 amide bonds. The summed E-state index contributed by atoms with van der Waals surface area (Å²) in [6.45, 7) is 5.83. The number of hydrogen-bond acceptors (Lipinski definition) is 8. The van der Waals surface area contributed by atoms with Crippen molar-refractivity contribution in [3.63, 3.8) is 0 Å². The van der Waals surface area contributed by atoms with Gasteiger partial charge >= 0.3 is 0 Å². The maximum atomic E-state index is 13.5. The van der Waals surface area contributed by atoms with E-state index in [0.29, 0.717) is 56.2 Å². The van der Waals surface area contributed by atoms with Gasteiger partial charge in [-0.1, -0.05) is 17.7 Å². The molecule has 0 bridgehead atoms. The fourth-order valence-corrected chi connectivity index (χ4v) is 6.67. The summed E-state index contributed by atoms with van der Waals surface area (Å²) in [6, 6.07) is 16.5. The number of amides is 2. The summed E-state index contributed by atoms with van der Waals surface area (Å²) in [6.07, 6.45) is 9.66. The molecule has 0 saturated heterocycles. The number of rotatable bonds is 7. The van der Waals surface area contributed by atoms with Gasteiger partial charge in [0, 0.05) is 53.6 Å². The molecular formula is C37H30ClN9O3. The van der Waals surface area contributed by atoms with E-state index in [1.54, 1.807) is 42.9 Å². The number of pyridine rings is 1. The second-order valence-electron chi connectivity index (χ2n) is 12.2. The van der Waals surface area contributed by atoms with Crippen LogP contribution in [0.15, 0.2) is 85.6 Å². The van der Waals surface area contributed by atoms with Crippen LogP contribution in [0.3, 0.4) is 0 Å². The molecule has 50 heavy (non-hydrogen) atoms. The Morgan fingerprint density at radius 3 is 2.22 bits per heavy atom. The van der Waals surface area contributed by atoms with Crippen LogP contribution in [0.5, 0.6) is 5.88 Å². The van der Waals surface area contributed by atoms with Crippen molar-refractivity contribution in [3.05, 3.63) is 130 Å². The third kappa shape index (κ3) is 5.69. The predicted molar refractivity (Wildman–Crippen MR) is 189 cm³/mol. The lowest BCUT2D eigenvalue weighted by molar-refractivity contribution is 0.102. The number of benzene rings is 1. The highest BCUT2D eigenvalue weighted by molar-refractivity contribution is 6.33. The number of carbonyl (C=O) groups is 2. The van der Waals surface area contributed by atoms with Crippen molar-refractivity contribution in [1.82, 2.24) is 33.7 Å². The number of nitrogens with one attached hydrogen (secondary N) is 2. The van der Waals surface area contributed by atoms with Crippen LogP contribution in [-0.4, -0.2) is 45.5 Å². The van der Waals surface area contributed by atoms with E-state index in [2.05, 4.69) is 30.6 Å². The number of carbonyl (C=O) groups excluding carboxylic acids is 2. The number of ether oxygens (including phenoxy) is 1. The molecule has 248 valence electrons. The van der Waals surface area contributed by atoms with E-state index < -0.39 is 0 Å². The van der Waals surface area contributed by atoms with Crippen LogP contribution >= 0.6 is 11.6 Å². The molecule has 12 nitrogen and oxygen atoms in total. The first-order chi connectivity index (χ1) is 24.2. The molecule has 0 radical (unpaired) electrons. The molecule has 0 saturated carbocycles. The first-order valence-electron chi connectivity index (χ1n) is 16.0. The van der Waals surface area contributed by atoms with E-state index in [-0.39, 0.29) is 17.9 Å². The SMILES string of the molecule is Cc1cc(C)n2ccc(C(=O)Nc3ccc4c(c3)C(Oc3cc(C)n5ccc(C(=O)Nc6cnc(-c7ncccn7)c(Cl)c6)c5n3)CC4)c2n1. The normalized spacial score (nSPS) is 13.8.